The minimum Gasteiger partial charge on any atom is -0.318 e. The normalized spacial score (nSPS) is 32.0. The highest BCUT2D eigenvalue weighted by atomic mass is 32.2. The van der Waals surface area contributed by atoms with Gasteiger partial charge in [-0.05, 0) is 19.3 Å². The third-order valence-electron chi connectivity index (χ3n) is 2.98. The zero-order valence-corrected chi connectivity index (χ0v) is 10.1. The summed E-state index contributed by atoms with van der Waals surface area (Å²) in [5, 5.41) is 2.10. The molecule has 0 radical (unpaired) electrons. The molecule has 4 nitrogen and oxygen atoms in total. The summed E-state index contributed by atoms with van der Waals surface area (Å²) in [5.74, 6) is 0. The van der Waals surface area contributed by atoms with Gasteiger partial charge in [-0.1, -0.05) is 0 Å². The Labute approximate surface area is 93.4 Å². The maximum absolute atomic E-state index is 11.6. The van der Waals surface area contributed by atoms with Crippen LogP contribution in [0, 0.1) is 0 Å². The lowest BCUT2D eigenvalue weighted by molar-refractivity contribution is 0.450. The van der Waals surface area contributed by atoms with Crippen LogP contribution in [0.5, 0.6) is 0 Å². The van der Waals surface area contributed by atoms with E-state index in [4.69, 9.17) is 5.73 Å². The molecule has 1 saturated carbocycles. The van der Waals surface area contributed by atoms with Crippen LogP contribution in [0.4, 0.5) is 0 Å². The van der Waals surface area contributed by atoms with Crippen molar-refractivity contribution < 1.29 is 8.42 Å². The van der Waals surface area contributed by atoms with Gasteiger partial charge in [0.1, 0.15) is 5.01 Å². The van der Waals surface area contributed by atoms with Crippen LogP contribution in [0.2, 0.25) is 0 Å². The van der Waals surface area contributed by atoms with Gasteiger partial charge >= 0.3 is 0 Å². The van der Waals surface area contributed by atoms with Gasteiger partial charge in [-0.15, -0.1) is 11.3 Å². The van der Waals surface area contributed by atoms with E-state index in [1.807, 2.05) is 5.38 Å². The van der Waals surface area contributed by atoms with Crippen LogP contribution >= 0.6 is 11.3 Å². The van der Waals surface area contributed by atoms with Crippen molar-refractivity contribution in [3.63, 3.8) is 0 Å². The summed E-state index contributed by atoms with van der Waals surface area (Å²) in [5.41, 5.74) is 5.46. The van der Waals surface area contributed by atoms with E-state index < -0.39 is 20.6 Å². The molecule has 0 saturated heterocycles. The first kappa shape index (κ1) is 11.0. The van der Waals surface area contributed by atoms with Crippen LogP contribution in [0.3, 0.4) is 0 Å². The number of hydrogen-bond donors (Lipinski definition) is 1. The van der Waals surface area contributed by atoms with Gasteiger partial charge in [-0.2, -0.15) is 0 Å². The van der Waals surface area contributed by atoms with Crippen LogP contribution in [0.25, 0.3) is 0 Å². The molecule has 1 fully saturated rings. The standard InChI is InChI=1S/C9H14N2O2S2/c1-15(12,13)7-3-2-4-9(7,10)8-11-5-6-14-8/h5-7H,2-4,10H2,1H3. The van der Waals surface area contributed by atoms with Crippen LogP contribution in [0.15, 0.2) is 11.6 Å². The third-order valence-corrected chi connectivity index (χ3v) is 5.64. The Bertz CT molecular complexity index is 441. The van der Waals surface area contributed by atoms with Gasteiger partial charge < -0.3 is 5.73 Å². The highest BCUT2D eigenvalue weighted by Crippen LogP contribution is 2.41. The topological polar surface area (TPSA) is 73.0 Å². The van der Waals surface area contributed by atoms with E-state index in [2.05, 4.69) is 4.98 Å². The van der Waals surface area contributed by atoms with E-state index in [0.29, 0.717) is 12.8 Å². The Morgan fingerprint density at radius 1 is 1.67 bits per heavy atom. The van der Waals surface area contributed by atoms with Gasteiger partial charge in [0, 0.05) is 17.8 Å². The number of nitrogens with zero attached hydrogens (tertiary/aromatic N) is 1. The first-order valence-electron chi connectivity index (χ1n) is 4.82. The monoisotopic (exact) mass is 246 g/mol. The van der Waals surface area contributed by atoms with E-state index in [1.54, 1.807) is 6.20 Å². The zero-order chi connectivity index (χ0) is 11.1. The average molecular weight is 246 g/mol. The molecule has 1 aromatic heterocycles. The Morgan fingerprint density at radius 2 is 2.40 bits per heavy atom. The number of sulfone groups is 1. The molecule has 2 N–H and O–H groups in total. The second-order valence-corrected chi connectivity index (χ2v) is 7.21. The summed E-state index contributed by atoms with van der Waals surface area (Å²) < 4.78 is 23.3. The number of nitrogens with two attached hydrogens (primary N) is 1. The van der Waals surface area contributed by atoms with Crippen LogP contribution in [0.1, 0.15) is 24.3 Å². The lowest BCUT2D eigenvalue weighted by atomic mass is 10.00. The van der Waals surface area contributed by atoms with Crippen LogP contribution in [-0.2, 0) is 15.4 Å². The molecule has 0 aromatic carbocycles. The van der Waals surface area contributed by atoms with Gasteiger partial charge in [-0.25, -0.2) is 13.4 Å². The summed E-state index contributed by atoms with van der Waals surface area (Å²) in [7, 11) is -3.09. The van der Waals surface area contributed by atoms with Gasteiger partial charge in [0.15, 0.2) is 9.84 Å². The number of aromatic nitrogens is 1. The molecule has 2 unspecified atom stereocenters. The quantitative estimate of drug-likeness (QED) is 0.841. The predicted octanol–water partition coefficient (Wildman–Crippen LogP) is 0.894. The molecule has 1 aliphatic rings. The van der Waals surface area contributed by atoms with E-state index in [-0.39, 0.29) is 0 Å². The van der Waals surface area contributed by atoms with Gasteiger partial charge in [0.05, 0.1) is 10.8 Å². The van der Waals surface area contributed by atoms with E-state index >= 15 is 0 Å². The molecular formula is C9H14N2O2S2. The summed E-state index contributed by atoms with van der Waals surface area (Å²) in [4.78, 5) is 4.16. The lowest BCUT2D eigenvalue weighted by Gasteiger charge is -2.27. The Hall–Kier alpha value is -0.460. The smallest absolute Gasteiger partial charge is 0.152 e. The fourth-order valence-electron chi connectivity index (χ4n) is 2.29. The van der Waals surface area contributed by atoms with Gasteiger partial charge in [0.2, 0.25) is 0 Å². The maximum Gasteiger partial charge on any atom is 0.152 e. The number of rotatable bonds is 2. The predicted molar refractivity (Wildman–Crippen MR) is 60.5 cm³/mol. The second kappa shape index (κ2) is 3.54. The molecule has 0 aliphatic heterocycles. The fraction of sp³-hybridized carbons (Fsp3) is 0.667. The zero-order valence-electron chi connectivity index (χ0n) is 8.51. The van der Waals surface area contributed by atoms with E-state index in [1.165, 1.54) is 17.6 Å². The summed E-state index contributed by atoms with van der Waals surface area (Å²) in [6.45, 7) is 0. The Kier molecular flexibility index (Phi) is 2.60. The summed E-state index contributed by atoms with van der Waals surface area (Å²) in [6.07, 6.45) is 5.14. The van der Waals surface area contributed by atoms with Crippen molar-refractivity contribution in [2.45, 2.75) is 30.1 Å². The highest BCUT2D eigenvalue weighted by Gasteiger charge is 2.48. The van der Waals surface area contributed by atoms with Gasteiger partial charge in [0.25, 0.3) is 0 Å². The number of hydrogen-bond acceptors (Lipinski definition) is 5. The lowest BCUT2D eigenvalue weighted by Crippen LogP contribution is -2.47. The maximum atomic E-state index is 11.6. The molecule has 1 heterocycles. The van der Waals surface area contributed by atoms with Crippen LogP contribution < -0.4 is 5.73 Å². The van der Waals surface area contributed by atoms with E-state index in [9.17, 15) is 8.42 Å². The molecule has 2 atom stereocenters. The van der Waals surface area contributed by atoms with Crippen molar-refractivity contribution >= 4 is 21.2 Å². The molecule has 15 heavy (non-hydrogen) atoms. The Balaban J connectivity index is 2.44. The van der Waals surface area contributed by atoms with E-state index in [0.717, 1.165) is 11.4 Å². The van der Waals surface area contributed by atoms with Crippen molar-refractivity contribution in [3.05, 3.63) is 16.6 Å². The largest absolute Gasteiger partial charge is 0.318 e. The molecule has 1 aliphatic carbocycles. The summed E-state index contributed by atoms with van der Waals surface area (Å²) in [6, 6.07) is 0. The first-order valence-corrected chi connectivity index (χ1v) is 7.66. The van der Waals surface area contributed by atoms with Gasteiger partial charge in [-0.3, -0.25) is 0 Å². The van der Waals surface area contributed by atoms with Crippen LogP contribution in [-0.4, -0.2) is 24.9 Å². The van der Waals surface area contributed by atoms with Crippen molar-refractivity contribution in [2.24, 2.45) is 5.73 Å². The molecule has 0 amide bonds. The van der Waals surface area contributed by atoms with Crippen molar-refractivity contribution in [2.75, 3.05) is 6.26 Å². The third kappa shape index (κ3) is 1.81. The molecule has 1 aromatic rings. The second-order valence-electron chi connectivity index (χ2n) is 4.09. The molecular weight excluding hydrogens is 232 g/mol. The molecule has 2 rings (SSSR count). The van der Waals surface area contributed by atoms with Crippen molar-refractivity contribution in [1.82, 2.24) is 4.98 Å². The van der Waals surface area contributed by atoms with Crippen molar-refractivity contribution in [3.8, 4) is 0 Å². The molecule has 84 valence electrons. The SMILES string of the molecule is CS(=O)(=O)C1CCCC1(N)c1nccs1. The minimum absolute atomic E-state index is 0.476. The average Bonchev–Trinajstić information content (AvgIpc) is 2.69. The highest BCUT2D eigenvalue weighted by molar-refractivity contribution is 7.91. The van der Waals surface area contributed by atoms with Crippen molar-refractivity contribution in [1.29, 1.82) is 0 Å². The Morgan fingerprint density at radius 3 is 2.93 bits per heavy atom. The molecule has 6 heteroatoms. The minimum atomic E-state index is -3.09. The first-order chi connectivity index (χ1) is 6.94. The number of thiazole rings is 1. The molecule has 0 bridgehead atoms. The molecule has 0 spiro atoms. The summed E-state index contributed by atoms with van der Waals surface area (Å²) >= 11 is 1.44. The fourth-order valence-corrected chi connectivity index (χ4v) is 4.79.